The number of carbonyl (C=O) groups is 1. The van der Waals surface area contributed by atoms with Crippen molar-refractivity contribution in [1.82, 2.24) is 5.32 Å². The van der Waals surface area contributed by atoms with Crippen LogP contribution in [0.15, 0.2) is 46.9 Å². The first kappa shape index (κ1) is 14.1. The minimum atomic E-state index is -0.107. The van der Waals surface area contributed by atoms with E-state index in [9.17, 15) is 4.79 Å². The van der Waals surface area contributed by atoms with E-state index in [-0.39, 0.29) is 5.91 Å². The Hall–Kier alpha value is -1.32. The van der Waals surface area contributed by atoms with Gasteiger partial charge < -0.3 is 5.32 Å². The smallest absolute Gasteiger partial charge is 0.251 e. The van der Waals surface area contributed by atoms with Crippen LogP contribution in [0.2, 0.25) is 5.02 Å². The highest BCUT2D eigenvalue weighted by molar-refractivity contribution is 9.10. The number of aryl methyl sites for hydroxylation is 1. The second-order valence-corrected chi connectivity index (χ2v) is 5.61. The summed E-state index contributed by atoms with van der Waals surface area (Å²) in [5, 5.41) is 3.53. The number of amides is 1. The highest BCUT2D eigenvalue weighted by atomic mass is 79.9. The van der Waals surface area contributed by atoms with E-state index in [0.717, 1.165) is 15.6 Å². The molecule has 1 N–H and O–H groups in total. The van der Waals surface area contributed by atoms with Crippen LogP contribution in [-0.2, 0) is 6.54 Å². The van der Waals surface area contributed by atoms with Crippen molar-refractivity contribution in [3.8, 4) is 0 Å². The van der Waals surface area contributed by atoms with E-state index in [2.05, 4.69) is 21.2 Å². The molecule has 98 valence electrons. The largest absolute Gasteiger partial charge is 0.348 e. The molecule has 19 heavy (non-hydrogen) atoms. The first-order valence-corrected chi connectivity index (χ1v) is 7.02. The standard InChI is InChI=1S/C15H13BrClNO/c1-10-6-12(8-13(16)7-10)15(19)18-9-11-4-2-3-5-14(11)17/h2-8H,9H2,1H3,(H,18,19). The van der Waals surface area contributed by atoms with Crippen LogP contribution < -0.4 is 5.32 Å². The fourth-order valence-electron chi connectivity index (χ4n) is 1.79. The lowest BCUT2D eigenvalue weighted by Gasteiger charge is -2.08. The molecule has 2 rings (SSSR count). The third-order valence-corrected chi connectivity index (χ3v) is 3.53. The Labute approximate surface area is 125 Å². The Morgan fingerprint density at radius 1 is 1.26 bits per heavy atom. The molecule has 1 amide bonds. The first-order valence-electron chi connectivity index (χ1n) is 5.85. The fourth-order valence-corrected chi connectivity index (χ4v) is 2.60. The molecule has 0 aromatic heterocycles. The van der Waals surface area contributed by atoms with Gasteiger partial charge in [-0.3, -0.25) is 4.79 Å². The van der Waals surface area contributed by atoms with Crippen LogP contribution in [0.25, 0.3) is 0 Å². The maximum atomic E-state index is 12.1. The average Bonchev–Trinajstić information content (AvgIpc) is 2.36. The third-order valence-electron chi connectivity index (χ3n) is 2.70. The predicted octanol–water partition coefficient (Wildman–Crippen LogP) is 4.34. The first-order chi connectivity index (χ1) is 9.06. The lowest BCUT2D eigenvalue weighted by atomic mass is 10.1. The molecule has 0 spiro atoms. The van der Waals surface area contributed by atoms with Gasteiger partial charge in [0.05, 0.1) is 0 Å². The Kier molecular flexibility index (Phi) is 4.61. The quantitative estimate of drug-likeness (QED) is 0.886. The van der Waals surface area contributed by atoms with E-state index < -0.39 is 0 Å². The number of hydrogen-bond acceptors (Lipinski definition) is 1. The van der Waals surface area contributed by atoms with Crippen LogP contribution in [0.3, 0.4) is 0 Å². The van der Waals surface area contributed by atoms with Gasteiger partial charge in [0.1, 0.15) is 0 Å². The monoisotopic (exact) mass is 337 g/mol. The maximum Gasteiger partial charge on any atom is 0.251 e. The van der Waals surface area contributed by atoms with Gasteiger partial charge >= 0.3 is 0 Å². The van der Waals surface area contributed by atoms with Crippen LogP contribution in [0.1, 0.15) is 21.5 Å². The van der Waals surface area contributed by atoms with Crippen molar-refractivity contribution in [1.29, 1.82) is 0 Å². The predicted molar refractivity (Wildman–Crippen MR) is 81.5 cm³/mol. The van der Waals surface area contributed by atoms with Crippen molar-refractivity contribution in [2.75, 3.05) is 0 Å². The summed E-state index contributed by atoms with van der Waals surface area (Å²) in [5.41, 5.74) is 2.58. The van der Waals surface area contributed by atoms with Crippen molar-refractivity contribution in [3.05, 3.63) is 68.7 Å². The molecule has 0 bridgehead atoms. The highest BCUT2D eigenvalue weighted by Crippen LogP contribution is 2.17. The normalized spacial score (nSPS) is 10.3. The van der Waals surface area contributed by atoms with Gasteiger partial charge in [-0.1, -0.05) is 45.7 Å². The Bertz CT molecular complexity index is 593. The van der Waals surface area contributed by atoms with Gasteiger partial charge in [0.15, 0.2) is 0 Å². The second-order valence-electron chi connectivity index (χ2n) is 4.29. The van der Waals surface area contributed by atoms with E-state index in [1.165, 1.54) is 0 Å². The van der Waals surface area contributed by atoms with Crippen LogP contribution in [0.4, 0.5) is 0 Å². The molecule has 0 aliphatic carbocycles. The van der Waals surface area contributed by atoms with E-state index in [4.69, 9.17) is 11.6 Å². The SMILES string of the molecule is Cc1cc(Br)cc(C(=O)NCc2ccccc2Cl)c1. The molecule has 0 aliphatic heterocycles. The number of benzene rings is 2. The molecule has 0 unspecified atom stereocenters. The summed E-state index contributed by atoms with van der Waals surface area (Å²) in [7, 11) is 0. The van der Waals surface area contributed by atoms with Gasteiger partial charge in [-0.25, -0.2) is 0 Å². The summed E-state index contributed by atoms with van der Waals surface area (Å²) >= 11 is 9.43. The molecule has 2 nitrogen and oxygen atoms in total. The topological polar surface area (TPSA) is 29.1 Å². The van der Waals surface area contributed by atoms with E-state index >= 15 is 0 Å². The van der Waals surface area contributed by atoms with Gasteiger partial charge in [0.2, 0.25) is 0 Å². The Morgan fingerprint density at radius 3 is 2.68 bits per heavy atom. The van der Waals surface area contributed by atoms with Gasteiger partial charge in [0, 0.05) is 21.6 Å². The minimum Gasteiger partial charge on any atom is -0.348 e. The van der Waals surface area contributed by atoms with Gasteiger partial charge in [-0.15, -0.1) is 0 Å². The number of halogens is 2. The van der Waals surface area contributed by atoms with Gasteiger partial charge in [0.25, 0.3) is 5.91 Å². The average molecular weight is 339 g/mol. The van der Waals surface area contributed by atoms with E-state index in [0.29, 0.717) is 17.1 Å². The number of nitrogens with one attached hydrogen (secondary N) is 1. The van der Waals surface area contributed by atoms with Crippen LogP contribution in [0.5, 0.6) is 0 Å². The summed E-state index contributed by atoms with van der Waals surface area (Å²) in [6.07, 6.45) is 0. The lowest BCUT2D eigenvalue weighted by molar-refractivity contribution is 0.0951. The molecule has 4 heteroatoms. The minimum absolute atomic E-state index is 0.107. The molecule has 0 atom stereocenters. The number of hydrogen-bond donors (Lipinski definition) is 1. The fraction of sp³-hybridized carbons (Fsp3) is 0.133. The zero-order chi connectivity index (χ0) is 13.8. The molecule has 0 saturated heterocycles. The third kappa shape index (κ3) is 3.82. The molecule has 2 aromatic rings. The van der Waals surface area contributed by atoms with Crippen molar-refractivity contribution in [2.45, 2.75) is 13.5 Å². The summed E-state index contributed by atoms with van der Waals surface area (Å²) < 4.78 is 0.899. The van der Waals surface area contributed by atoms with Crippen molar-refractivity contribution in [2.24, 2.45) is 0 Å². The lowest BCUT2D eigenvalue weighted by Crippen LogP contribution is -2.23. The molecule has 0 aliphatic rings. The number of carbonyl (C=O) groups excluding carboxylic acids is 1. The summed E-state index contributed by atoms with van der Waals surface area (Å²) in [6.45, 7) is 2.37. The van der Waals surface area contributed by atoms with E-state index in [1.807, 2.05) is 43.3 Å². The van der Waals surface area contributed by atoms with Crippen molar-refractivity contribution in [3.63, 3.8) is 0 Å². The van der Waals surface area contributed by atoms with Crippen molar-refractivity contribution < 1.29 is 4.79 Å². The molecule has 0 saturated carbocycles. The zero-order valence-corrected chi connectivity index (χ0v) is 12.8. The maximum absolute atomic E-state index is 12.1. The molecule has 0 radical (unpaired) electrons. The second kappa shape index (κ2) is 6.22. The molecular formula is C15H13BrClNO. The Morgan fingerprint density at radius 2 is 2.00 bits per heavy atom. The van der Waals surface area contributed by atoms with Crippen molar-refractivity contribution >= 4 is 33.4 Å². The van der Waals surface area contributed by atoms with Gasteiger partial charge in [-0.2, -0.15) is 0 Å². The summed E-state index contributed by atoms with van der Waals surface area (Å²) in [4.78, 5) is 12.1. The molecule has 0 heterocycles. The molecular weight excluding hydrogens is 326 g/mol. The summed E-state index contributed by atoms with van der Waals surface area (Å²) in [6, 6.07) is 13.1. The number of rotatable bonds is 3. The highest BCUT2D eigenvalue weighted by Gasteiger charge is 2.07. The van der Waals surface area contributed by atoms with Crippen LogP contribution >= 0.6 is 27.5 Å². The van der Waals surface area contributed by atoms with Crippen LogP contribution in [-0.4, -0.2) is 5.91 Å². The van der Waals surface area contributed by atoms with Gasteiger partial charge in [-0.05, 0) is 42.3 Å². The van der Waals surface area contributed by atoms with E-state index in [1.54, 1.807) is 6.07 Å². The van der Waals surface area contributed by atoms with Crippen LogP contribution in [0, 0.1) is 6.92 Å². The molecule has 2 aromatic carbocycles. The Balaban J connectivity index is 2.08. The molecule has 0 fully saturated rings. The summed E-state index contributed by atoms with van der Waals surface area (Å²) in [5.74, 6) is -0.107. The zero-order valence-electron chi connectivity index (χ0n) is 10.4.